The van der Waals surface area contributed by atoms with Gasteiger partial charge >= 0.3 is 33.7 Å². The van der Waals surface area contributed by atoms with Crippen molar-refractivity contribution >= 4 is 11.9 Å². The number of cyclic esters (lactones) is 2. The standard InChI is InChI=1S/2C6H8O6.Ti/c2*7-1-2(8)5-3(9)4(10)6(11)12-5;/h2*2,5,7-10H,1H2;/q;;+2/p-2/t2*2-,5+;/m00./s1. The summed E-state index contributed by atoms with van der Waals surface area (Å²) in [5.41, 5.74) is 0. The van der Waals surface area contributed by atoms with Gasteiger partial charge in [-0.2, -0.15) is 0 Å². The molecule has 0 aromatic carbocycles. The average molecular weight is 398 g/mol. The molecular formula is C12H14O12Ti. The molecule has 0 spiro atoms. The van der Waals surface area contributed by atoms with E-state index in [1.165, 1.54) is 0 Å². The van der Waals surface area contributed by atoms with E-state index >= 15 is 0 Å². The first-order valence-electron chi connectivity index (χ1n) is 6.35. The molecule has 0 bridgehead atoms. The minimum absolute atomic E-state index is 0. The minimum atomic E-state index is -1.53. The first kappa shape index (κ1) is 23.2. The van der Waals surface area contributed by atoms with Gasteiger partial charge in [0.05, 0.1) is 13.2 Å². The van der Waals surface area contributed by atoms with Crippen LogP contribution in [0.1, 0.15) is 0 Å². The second kappa shape index (κ2) is 9.60. The van der Waals surface area contributed by atoms with E-state index in [1.807, 2.05) is 0 Å². The third kappa shape index (κ3) is 5.07. The molecule has 2 rings (SSSR count). The molecular weight excluding hydrogens is 384 g/mol. The molecule has 13 heteroatoms. The Kier molecular flexibility index (Phi) is 8.90. The van der Waals surface area contributed by atoms with Gasteiger partial charge in [-0.25, -0.2) is 9.59 Å². The Bertz CT molecular complexity index is 520. The Labute approximate surface area is 154 Å². The van der Waals surface area contributed by atoms with Crippen LogP contribution in [0, 0.1) is 0 Å². The van der Waals surface area contributed by atoms with Gasteiger partial charge < -0.3 is 50.3 Å². The molecule has 0 aromatic heterocycles. The summed E-state index contributed by atoms with van der Waals surface area (Å²) in [6.07, 6.45) is -5.83. The number of carbonyl (C=O) groups excluding carboxylic acids is 2. The number of rotatable bonds is 4. The molecule has 0 saturated carbocycles. The fourth-order valence-electron chi connectivity index (χ4n) is 1.62. The van der Waals surface area contributed by atoms with Crippen molar-refractivity contribution in [2.45, 2.75) is 24.4 Å². The topological polar surface area (TPSA) is 220 Å². The van der Waals surface area contributed by atoms with Gasteiger partial charge in [0, 0.05) is 0 Å². The molecule has 0 radical (unpaired) electrons. The van der Waals surface area contributed by atoms with E-state index in [-0.39, 0.29) is 21.7 Å². The third-order valence-corrected chi connectivity index (χ3v) is 2.91. The van der Waals surface area contributed by atoms with Crippen LogP contribution in [-0.2, 0) is 40.8 Å². The molecule has 2 heterocycles. The van der Waals surface area contributed by atoms with Crippen molar-refractivity contribution in [1.29, 1.82) is 0 Å². The molecule has 2 aliphatic rings. The van der Waals surface area contributed by atoms with Crippen LogP contribution in [0.2, 0.25) is 0 Å². The molecule has 12 nitrogen and oxygen atoms in total. The van der Waals surface area contributed by atoms with Crippen LogP contribution < -0.4 is 10.2 Å². The van der Waals surface area contributed by atoms with Crippen molar-refractivity contribution in [2.24, 2.45) is 0 Å². The van der Waals surface area contributed by atoms with E-state index in [0.29, 0.717) is 0 Å². The summed E-state index contributed by atoms with van der Waals surface area (Å²) in [7, 11) is 0. The monoisotopic (exact) mass is 398 g/mol. The zero-order chi connectivity index (χ0) is 18.6. The van der Waals surface area contributed by atoms with Gasteiger partial charge in [-0.15, -0.1) is 0 Å². The van der Waals surface area contributed by atoms with E-state index in [9.17, 15) is 19.8 Å². The summed E-state index contributed by atoms with van der Waals surface area (Å²) in [4.78, 5) is 21.0. The SMILES string of the molecule is O=C1O[C@H]([C@@H](O)CO)C(O)=C1O.O=C1O[C@H]([C@@H](O)CO)C([O-])=C1[O-].[Ti+2]. The van der Waals surface area contributed by atoms with E-state index in [1.54, 1.807) is 0 Å². The van der Waals surface area contributed by atoms with E-state index in [2.05, 4.69) is 9.47 Å². The van der Waals surface area contributed by atoms with Gasteiger partial charge in [0.2, 0.25) is 5.76 Å². The Morgan fingerprint density at radius 1 is 0.920 bits per heavy atom. The molecule has 6 N–H and O–H groups in total. The maximum Gasteiger partial charge on any atom is 2.00 e. The fourth-order valence-corrected chi connectivity index (χ4v) is 1.62. The van der Waals surface area contributed by atoms with Crippen molar-refractivity contribution in [3.8, 4) is 0 Å². The predicted molar refractivity (Wildman–Crippen MR) is 65.3 cm³/mol. The minimum Gasteiger partial charge on any atom is -0.873 e. The molecule has 0 aromatic rings. The normalized spacial score (nSPS) is 24.8. The molecule has 25 heavy (non-hydrogen) atoms. The Balaban J connectivity index is 0.000000443. The Morgan fingerprint density at radius 2 is 1.36 bits per heavy atom. The zero-order valence-corrected chi connectivity index (χ0v) is 13.9. The molecule has 4 atom stereocenters. The first-order chi connectivity index (χ1) is 11.1. The second-order valence-electron chi connectivity index (χ2n) is 4.58. The molecule has 0 aliphatic carbocycles. The van der Waals surface area contributed by atoms with Crippen molar-refractivity contribution in [3.05, 3.63) is 23.0 Å². The summed E-state index contributed by atoms with van der Waals surface area (Å²) >= 11 is 0. The molecule has 2 aliphatic heterocycles. The zero-order valence-electron chi connectivity index (χ0n) is 12.4. The average Bonchev–Trinajstić information content (AvgIpc) is 2.98. The Morgan fingerprint density at radius 3 is 1.68 bits per heavy atom. The number of hydrogen-bond acceptors (Lipinski definition) is 12. The summed E-state index contributed by atoms with van der Waals surface area (Å²) in [6, 6.07) is 0. The van der Waals surface area contributed by atoms with E-state index in [0.717, 1.165) is 0 Å². The van der Waals surface area contributed by atoms with Gasteiger partial charge in [0.15, 0.2) is 11.9 Å². The van der Waals surface area contributed by atoms with Gasteiger partial charge in [-0.05, 0) is 5.76 Å². The summed E-state index contributed by atoms with van der Waals surface area (Å²) in [6.45, 7) is -1.41. The van der Waals surface area contributed by atoms with Crippen molar-refractivity contribution < 1.29 is 81.6 Å². The molecule has 0 fully saturated rings. The van der Waals surface area contributed by atoms with Crippen molar-refractivity contribution in [3.63, 3.8) is 0 Å². The predicted octanol–water partition coefficient (Wildman–Crippen LogP) is -5.21. The summed E-state index contributed by atoms with van der Waals surface area (Å²) in [5.74, 6) is -6.45. The van der Waals surface area contributed by atoms with Crippen LogP contribution in [-0.4, -0.2) is 80.2 Å². The van der Waals surface area contributed by atoms with E-state index < -0.39 is 72.6 Å². The van der Waals surface area contributed by atoms with Crippen LogP contribution in [0.5, 0.6) is 0 Å². The number of hydrogen-bond donors (Lipinski definition) is 6. The second-order valence-corrected chi connectivity index (χ2v) is 4.58. The molecule has 0 saturated heterocycles. The third-order valence-electron chi connectivity index (χ3n) is 2.91. The number of carbonyl (C=O) groups is 2. The molecule has 0 unspecified atom stereocenters. The van der Waals surface area contributed by atoms with Gasteiger partial charge in [-0.1, -0.05) is 5.76 Å². The quantitative estimate of drug-likeness (QED) is 0.193. The molecule has 0 amide bonds. The summed E-state index contributed by atoms with van der Waals surface area (Å²) < 4.78 is 8.51. The van der Waals surface area contributed by atoms with Crippen LogP contribution in [0.25, 0.3) is 0 Å². The number of aliphatic hydroxyl groups is 6. The van der Waals surface area contributed by atoms with Gasteiger partial charge in [-0.3, -0.25) is 0 Å². The Hall–Kier alpha value is -1.83. The van der Waals surface area contributed by atoms with Crippen LogP contribution >= 0.6 is 0 Å². The van der Waals surface area contributed by atoms with Crippen LogP contribution in [0.4, 0.5) is 0 Å². The molecule has 138 valence electrons. The van der Waals surface area contributed by atoms with Gasteiger partial charge in [0.1, 0.15) is 18.3 Å². The van der Waals surface area contributed by atoms with Crippen molar-refractivity contribution in [1.82, 2.24) is 0 Å². The van der Waals surface area contributed by atoms with Crippen molar-refractivity contribution in [2.75, 3.05) is 13.2 Å². The maximum atomic E-state index is 10.7. The number of ether oxygens (including phenoxy) is 2. The smallest absolute Gasteiger partial charge is 0.873 e. The maximum absolute atomic E-state index is 10.7. The fraction of sp³-hybridized carbons (Fsp3) is 0.500. The van der Waals surface area contributed by atoms with Crippen LogP contribution in [0.15, 0.2) is 23.0 Å². The van der Waals surface area contributed by atoms with Gasteiger partial charge in [0.25, 0.3) is 0 Å². The largest absolute Gasteiger partial charge is 2.00 e. The first-order valence-corrected chi connectivity index (χ1v) is 6.35. The number of aliphatic hydroxyl groups excluding tert-OH is 6. The van der Waals surface area contributed by atoms with Crippen LogP contribution in [0.3, 0.4) is 0 Å². The summed E-state index contributed by atoms with van der Waals surface area (Å²) in [5, 5.41) is 73.6. The van der Waals surface area contributed by atoms with E-state index in [4.69, 9.17) is 30.6 Å². The number of esters is 2.